The van der Waals surface area contributed by atoms with E-state index in [1.165, 1.54) is 5.56 Å². The summed E-state index contributed by atoms with van der Waals surface area (Å²) >= 11 is 0. The van der Waals surface area contributed by atoms with E-state index in [1.54, 1.807) is 0 Å². The molecule has 21 heavy (non-hydrogen) atoms. The van der Waals surface area contributed by atoms with Gasteiger partial charge in [0.05, 0.1) is 18.1 Å². The largest absolute Gasteiger partial charge is 0.325 e. The highest BCUT2D eigenvalue weighted by Crippen LogP contribution is 2.23. The molecule has 0 radical (unpaired) electrons. The summed E-state index contributed by atoms with van der Waals surface area (Å²) in [5, 5.41) is 3.34. The fourth-order valence-corrected chi connectivity index (χ4v) is 2.24. The molecule has 1 heterocycles. The van der Waals surface area contributed by atoms with Gasteiger partial charge in [-0.15, -0.1) is 0 Å². The molecule has 0 aliphatic heterocycles. The molecule has 2 rings (SSSR count). The van der Waals surface area contributed by atoms with Crippen molar-refractivity contribution in [3.8, 4) is 0 Å². The van der Waals surface area contributed by atoms with Gasteiger partial charge < -0.3 is 10.2 Å². The standard InChI is InChI=1S/C17H24N4/c1-4-9-18-11-15-12-20-17(13-19-15)21(5-2)16-8-6-7-14(3)10-16/h6-8,10,12-13,18H,4-5,9,11H2,1-3H3. The lowest BCUT2D eigenvalue weighted by molar-refractivity contribution is 0.662. The van der Waals surface area contributed by atoms with E-state index in [2.05, 4.69) is 65.2 Å². The smallest absolute Gasteiger partial charge is 0.151 e. The van der Waals surface area contributed by atoms with Crippen molar-refractivity contribution in [1.29, 1.82) is 0 Å². The van der Waals surface area contributed by atoms with Gasteiger partial charge >= 0.3 is 0 Å². The molecule has 0 saturated carbocycles. The van der Waals surface area contributed by atoms with E-state index in [1.807, 2.05) is 12.4 Å². The van der Waals surface area contributed by atoms with E-state index in [9.17, 15) is 0 Å². The Morgan fingerprint density at radius 3 is 2.62 bits per heavy atom. The van der Waals surface area contributed by atoms with Gasteiger partial charge in [0.25, 0.3) is 0 Å². The molecule has 0 bridgehead atoms. The number of aryl methyl sites for hydroxylation is 1. The van der Waals surface area contributed by atoms with Gasteiger partial charge in [0.2, 0.25) is 0 Å². The van der Waals surface area contributed by atoms with Gasteiger partial charge in [-0.05, 0) is 44.5 Å². The highest BCUT2D eigenvalue weighted by atomic mass is 15.2. The quantitative estimate of drug-likeness (QED) is 0.791. The number of nitrogens with one attached hydrogen (secondary N) is 1. The van der Waals surface area contributed by atoms with Crippen molar-refractivity contribution in [3.63, 3.8) is 0 Å². The van der Waals surface area contributed by atoms with E-state index in [0.717, 1.165) is 43.3 Å². The lowest BCUT2D eigenvalue weighted by atomic mass is 10.2. The minimum Gasteiger partial charge on any atom is -0.325 e. The summed E-state index contributed by atoms with van der Waals surface area (Å²) in [7, 11) is 0. The Morgan fingerprint density at radius 2 is 2.00 bits per heavy atom. The summed E-state index contributed by atoms with van der Waals surface area (Å²) in [6.07, 6.45) is 4.84. The molecule has 1 N–H and O–H groups in total. The number of nitrogens with zero attached hydrogens (tertiary/aromatic N) is 3. The average Bonchev–Trinajstić information content (AvgIpc) is 2.50. The second-order valence-corrected chi connectivity index (χ2v) is 5.13. The Balaban J connectivity index is 2.12. The van der Waals surface area contributed by atoms with Crippen LogP contribution in [-0.2, 0) is 6.54 Å². The maximum absolute atomic E-state index is 4.56. The lowest BCUT2D eigenvalue weighted by Gasteiger charge is -2.22. The zero-order chi connectivity index (χ0) is 15.1. The fraction of sp³-hybridized carbons (Fsp3) is 0.412. The molecule has 0 aliphatic carbocycles. The predicted molar refractivity (Wildman–Crippen MR) is 87.9 cm³/mol. The first-order chi connectivity index (χ1) is 10.2. The summed E-state index contributed by atoms with van der Waals surface area (Å²) < 4.78 is 0. The molecule has 4 nitrogen and oxygen atoms in total. The Morgan fingerprint density at radius 1 is 1.14 bits per heavy atom. The summed E-state index contributed by atoms with van der Waals surface area (Å²) in [6.45, 7) is 9.03. The van der Waals surface area contributed by atoms with Gasteiger partial charge in [-0.25, -0.2) is 4.98 Å². The summed E-state index contributed by atoms with van der Waals surface area (Å²) in [5.74, 6) is 0.891. The van der Waals surface area contributed by atoms with Crippen LogP contribution in [0.5, 0.6) is 0 Å². The first-order valence-electron chi connectivity index (χ1n) is 7.60. The zero-order valence-electron chi connectivity index (χ0n) is 13.1. The summed E-state index contributed by atoms with van der Waals surface area (Å²) in [6, 6.07) is 8.45. The van der Waals surface area contributed by atoms with Crippen LogP contribution in [0.15, 0.2) is 36.7 Å². The third-order valence-electron chi connectivity index (χ3n) is 3.33. The molecule has 0 saturated heterocycles. The van der Waals surface area contributed by atoms with E-state index in [0.29, 0.717) is 0 Å². The molecule has 0 spiro atoms. The predicted octanol–water partition coefficient (Wildman–Crippen LogP) is 3.44. The molecule has 0 atom stereocenters. The molecular weight excluding hydrogens is 260 g/mol. The van der Waals surface area contributed by atoms with Gasteiger partial charge in [0, 0.05) is 18.8 Å². The number of anilines is 2. The monoisotopic (exact) mass is 284 g/mol. The van der Waals surface area contributed by atoms with Crippen molar-refractivity contribution in [2.24, 2.45) is 0 Å². The molecule has 0 amide bonds. The molecule has 1 aromatic heterocycles. The molecule has 0 unspecified atom stereocenters. The Kier molecular flexibility index (Phi) is 5.69. The number of aromatic nitrogens is 2. The van der Waals surface area contributed by atoms with Crippen LogP contribution in [-0.4, -0.2) is 23.1 Å². The van der Waals surface area contributed by atoms with Crippen LogP contribution in [0, 0.1) is 6.92 Å². The Hall–Kier alpha value is -1.94. The first-order valence-corrected chi connectivity index (χ1v) is 7.60. The maximum atomic E-state index is 4.56. The number of benzene rings is 1. The van der Waals surface area contributed by atoms with Crippen LogP contribution in [0.1, 0.15) is 31.5 Å². The van der Waals surface area contributed by atoms with E-state index in [-0.39, 0.29) is 0 Å². The molecule has 0 fully saturated rings. The normalized spacial score (nSPS) is 10.6. The van der Waals surface area contributed by atoms with Crippen molar-refractivity contribution in [2.75, 3.05) is 18.0 Å². The number of hydrogen-bond donors (Lipinski definition) is 1. The van der Waals surface area contributed by atoms with Crippen molar-refractivity contribution < 1.29 is 0 Å². The number of hydrogen-bond acceptors (Lipinski definition) is 4. The van der Waals surface area contributed by atoms with Crippen molar-refractivity contribution in [2.45, 2.75) is 33.7 Å². The summed E-state index contributed by atoms with van der Waals surface area (Å²) in [4.78, 5) is 11.2. The maximum Gasteiger partial charge on any atom is 0.151 e. The lowest BCUT2D eigenvalue weighted by Crippen LogP contribution is -2.19. The second kappa shape index (κ2) is 7.74. The second-order valence-electron chi connectivity index (χ2n) is 5.13. The average molecular weight is 284 g/mol. The summed E-state index contributed by atoms with van der Waals surface area (Å²) in [5.41, 5.74) is 3.38. The molecule has 1 aromatic carbocycles. The molecule has 4 heteroatoms. The van der Waals surface area contributed by atoms with Gasteiger partial charge in [0.15, 0.2) is 5.82 Å². The van der Waals surface area contributed by atoms with Crippen molar-refractivity contribution in [3.05, 3.63) is 47.9 Å². The van der Waals surface area contributed by atoms with Gasteiger partial charge in [-0.2, -0.15) is 0 Å². The third-order valence-corrected chi connectivity index (χ3v) is 3.33. The van der Waals surface area contributed by atoms with Crippen LogP contribution >= 0.6 is 0 Å². The van der Waals surface area contributed by atoms with Gasteiger partial charge in [-0.3, -0.25) is 4.98 Å². The molecule has 2 aromatic rings. The Bertz CT molecular complexity index is 551. The minimum absolute atomic E-state index is 0.775. The Labute approximate surface area is 127 Å². The molecular formula is C17H24N4. The highest BCUT2D eigenvalue weighted by molar-refractivity contribution is 5.59. The van der Waals surface area contributed by atoms with Gasteiger partial charge in [0.1, 0.15) is 0 Å². The highest BCUT2D eigenvalue weighted by Gasteiger charge is 2.09. The SMILES string of the molecule is CCCNCc1cnc(N(CC)c2cccc(C)c2)cn1. The van der Waals surface area contributed by atoms with Crippen molar-refractivity contribution in [1.82, 2.24) is 15.3 Å². The topological polar surface area (TPSA) is 41.1 Å². The van der Waals surface area contributed by atoms with Crippen LogP contribution in [0.2, 0.25) is 0 Å². The van der Waals surface area contributed by atoms with Crippen LogP contribution in [0.25, 0.3) is 0 Å². The zero-order valence-corrected chi connectivity index (χ0v) is 13.1. The van der Waals surface area contributed by atoms with Crippen LogP contribution in [0.4, 0.5) is 11.5 Å². The van der Waals surface area contributed by atoms with Crippen molar-refractivity contribution >= 4 is 11.5 Å². The fourth-order valence-electron chi connectivity index (χ4n) is 2.24. The molecule has 112 valence electrons. The van der Waals surface area contributed by atoms with Gasteiger partial charge in [-0.1, -0.05) is 19.1 Å². The molecule has 0 aliphatic rings. The van der Waals surface area contributed by atoms with Crippen LogP contribution < -0.4 is 10.2 Å². The van der Waals surface area contributed by atoms with E-state index in [4.69, 9.17) is 0 Å². The number of rotatable bonds is 7. The minimum atomic E-state index is 0.775. The van der Waals surface area contributed by atoms with E-state index < -0.39 is 0 Å². The third kappa shape index (κ3) is 4.26. The van der Waals surface area contributed by atoms with Crippen LogP contribution in [0.3, 0.4) is 0 Å². The first kappa shape index (κ1) is 15.4. The van der Waals surface area contributed by atoms with E-state index >= 15 is 0 Å².